The third-order valence-corrected chi connectivity index (χ3v) is 2.46. The van der Waals surface area contributed by atoms with Crippen LogP contribution in [0.2, 0.25) is 0 Å². The van der Waals surface area contributed by atoms with E-state index in [4.69, 9.17) is 0 Å². The Labute approximate surface area is 92.3 Å². The van der Waals surface area contributed by atoms with Crippen LogP contribution in [-0.2, 0) is 13.2 Å². The van der Waals surface area contributed by atoms with Crippen molar-refractivity contribution < 1.29 is 13.2 Å². The highest BCUT2D eigenvalue weighted by molar-refractivity contribution is 5.78. The lowest BCUT2D eigenvalue weighted by Crippen LogP contribution is -2.28. The van der Waals surface area contributed by atoms with Gasteiger partial charge in [0.2, 0.25) is 0 Å². The van der Waals surface area contributed by atoms with Crippen LogP contribution in [0.5, 0.6) is 0 Å². The highest BCUT2D eigenvalue weighted by Gasteiger charge is 2.30. The first-order valence-corrected chi connectivity index (χ1v) is 4.61. The third-order valence-electron chi connectivity index (χ3n) is 2.46. The number of H-pyrrole nitrogens is 1. The molecule has 0 atom stereocenters. The molecule has 17 heavy (non-hydrogen) atoms. The van der Waals surface area contributed by atoms with Gasteiger partial charge in [0.25, 0.3) is 5.56 Å². The number of nitrogens with zero attached hydrogens (tertiary/aromatic N) is 1. The Morgan fingerprint density at radius 1 is 1.24 bits per heavy atom. The normalized spacial score (nSPS) is 12.0. The van der Waals surface area contributed by atoms with Crippen LogP contribution in [0.15, 0.2) is 27.8 Å². The molecule has 0 aliphatic rings. The third kappa shape index (κ3) is 1.83. The second-order valence-electron chi connectivity index (χ2n) is 3.55. The first-order chi connectivity index (χ1) is 7.80. The number of hydrogen-bond acceptors (Lipinski definition) is 2. The average molecular weight is 244 g/mol. The number of aromatic nitrogens is 2. The lowest BCUT2D eigenvalue weighted by Gasteiger charge is -2.09. The molecule has 4 nitrogen and oxygen atoms in total. The van der Waals surface area contributed by atoms with Crippen LogP contribution in [0.3, 0.4) is 0 Å². The van der Waals surface area contributed by atoms with Crippen LogP contribution in [0, 0.1) is 0 Å². The van der Waals surface area contributed by atoms with Gasteiger partial charge in [-0.2, -0.15) is 13.2 Å². The zero-order valence-electron chi connectivity index (χ0n) is 8.63. The van der Waals surface area contributed by atoms with Crippen LogP contribution in [0.1, 0.15) is 5.56 Å². The topological polar surface area (TPSA) is 54.9 Å². The summed E-state index contributed by atoms with van der Waals surface area (Å²) >= 11 is 0. The summed E-state index contributed by atoms with van der Waals surface area (Å²) in [4.78, 5) is 24.6. The lowest BCUT2D eigenvalue weighted by molar-refractivity contribution is -0.137. The molecule has 0 radical (unpaired) electrons. The van der Waals surface area contributed by atoms with Gasteiger partial charge >= 0.3 is 11.9 Å². The van der Waals surface area contributed by atoms with Gasteiger partial charge in [-0.1, -0.05) is 0 Å². The Morgan fingerprint density at radius 2 is 1.88 bits per heavy atom. The number of hydrogen-bond donors (Lipinski definition) is 1. The largest absolute Gasteiger partial charge is 0.416 e. The number of aryl methyl sites for hydroxylation is 1. The summed E-state index contributed by atoms with van der Waals surface area (Å²) in [6, 6.07) is 2.64. The summed E-state index contributed by atoms with van der Waals surface area (Å²) in [5.41, 5.74) is -2.39. The van der Waals surface area contributed by atoms with Crippen molar-refractivity contribution in [1.82, 2.24) is 9.55 Å². The molecule has 1 aromatic carbocycles. The fourth-order valence-electron chi connectivity index (χ4n) is 1.54. The molecule has 1 aromatic heterocycles. The van der Waals surface area contributed by atoms with Gasteiger partial charge in [0.15, 0.2) is 0 Å². The van der Waals surface area contributed by atoms with Crippen LogP contribution in [-0.4, -0.2) is 9.55 Å². The molecular formula is C10H7F3N2O2. The fourth-order valence-corrected chi connectivity index (χ4v) is 1.54. The number of aromatic amines is 1. The lowest BCUT2D eigenvalue weighted by atomic mass is 10.1. The fraction of sp³-hybridized carbons (Fsp3) is 0.200. The maximum absolute atomic E-state index is 12.5. The van der Waals surface area contributed by atoms with Gasteiger partial charge in [0.05, 0.1) is 16.5 Å². The molecule has 1 N–H and O–H groups in total. The van der Waals surface area contributed by atoms with Gasteiger partial charge in [0.1, 0.15) is 0 Å². The predicted octanol–water partition coefficient (Wildman–Crippen LogP) is 1.25. The quantitative estimate of drug-likeness (QED) is 0.758. The number of halogens is 3. The molecule has 1 heterocycles. The van der Waals surface area contributed by atoms with E-state index in [1.165, 1.54) is 7.05 Å². The molecule has 0 aliphatic carbocycles. The minimum Gasteiger partial charge on any atom is -0.296 e. The zero-order chi connectivity index (χ0) is 12.8. The minimum atomic E-state index is -4.51. The molecule has 90 valence electrons. The first kappa shape index (κ1) is 11.4. The van der Waals surface area contributed by atoms with Crippen LogP contribution in [0.4, 0.5) is 13.2 Å². The van der Waals surface area contributed by atoms with Crippen molar-refractivity contribution in [3.63, 3.8) is 0 Å². The number of fused-ring (bicyclic) bond motifs is 1. The Bertz CT molecular complexity index is 697. The average Bonchev–Trinajstić information content (AvgIpc) is 2.24. The highest BCUT2D eigenvalue weighted by atomic mass is 19.4. The Kier molecular flexibility index (Phi) is 2.34. The van der Waals surface area contributed by atoms with E-state index < -0.39 is 23.0 Å². The van der Waals surface area contributed by atoms with Crippen molar-refractivity contribution in [2.75, 3.05) is 0 Å². The van der Waals surface area contributed by atoms with Gasteiger partial charge in [-0.3, -0.25) is 14.3 Å². The number of nitrogens with one attached hydrogen (secondary N) is 1. The molecule has 2 rings (SSSR count). The predicted molar refractivity (Wildman–Crippen MR) is 54.8 cm³/mol. The van der Waals surface area contributed by atoms with E-state index in [0.717, 1.165) is 22.8 Å². The minimum absolute atomic E-state index is 0.0418. The SMILES string of the molecule is Cn1c(=O)[nH]c(=O)c2ccc(C(F)(F)F)cc21. The highest BCUT2D eigenvalue weighted by Crippen LogP contribution is 2.30. The van der Waals surface area contributed by atoms with Crippen LogP contribution >= 0.6 is 0 Å². The second-order valence-corrected chi connectivity index (χ2v) is 3.55. The molecular weight excluding hydrogens is 237 g/mol. The summed E-state index contributed by atoms with van der Waals surface area (Å²) in [6.45, 7) is 0. The molecule has 0 amide bonds. The summed E-state index contributed by atoms with van der Waals surface area (Å²) in [6.07, 6.45) is -4.51. The summed E-state index contributed by atoms with van der Waals surface area (Å²) in [7, 11) is 1.29. The van der Waals surface area contributed by atoms with Crippen molar-refractivity contribution in [3.8, 4) is 0 Å². The van der Waals surface area contributed by atoms with Gasteiger partial charge in [0, 0.05) is 7.05 Å². The van der Waals surface area contributed by atoms with Crippen molar-refractivity contribution >= 4 is 10.9 Å². The maximum atomic E-state index is 12.5. The molecule has 0 unspecified atom stereocenters. The summed E-state index contributed by atoms with van der Waals surface area (Å²) in [5.74, 6) is 0. The first-order valence-electron chi connectivity index (χ1n) is 4.61. The van der Waals surface area contributed by atoms with E-state index in [2.05, 4.69) is 0 Å². The Hall–Kier alpha value is -2.05. The van der Waals surface area contributed by atoms with E-state index in [9.17, 15) is 22.8 Å². The summed E-state index contributed by atoms with van der Waals surface area (Å²) < 4.78 is 38.4. The molecule has 0 fully saturated rings. The van der Waals surface area contributed by atoms with Crippen molar-refractivity contribution in [2.24, 2.45) is 7.05 Å². The smallest absolute Gasteiger partial charge is 0.296 e. The van der Waals surface area contributed by atoms with Crippen LogP contribution in [0.25, 0.3) is 10.9 Å². The number of benzene rings is 1. The molecule has 0 saturated heterocycles. The number of rotatable bonds is 0. The molecule has 7 heteroatoms. The van der Waals surface area contributed by atoms with Gasteiger partial charge in [-0.15, -0.1) is 0 Å². The van der Waals surface area contributed by atoms with E-state index in [-0.39, 0.29) is 10.9 Å². The van der Waals surface area contributed by atoms with E-state index in [0.29, 0.717) is 0 Å². The van der Waals surface area contributed by atoms with E-state index in [1.54, 1.807) is 0 Å². The molecule has 0 bridgehead atoms. The molecule has 0 spiro atoms. The zero-order valence-corrected chi connectivity index (χ0v) is 8.63. The summed E-state index contributed by atoms with van der Waals surface area (Å²) in [5, 5.41) is 0.0418. The van der Waals surface area contributed by atoms with Gasteiger partial charge in [-0.05, 0) is 18.2 Å². The van der Waals surface area contributed by atoms with Gasteiger partial charge < -0.3 is 0 Å². The van der Waals surface area contributed by atoms with Crippen molar-refractivity contribution in [3.05, 3.63) is 44.6 Å². The Balaban J connectivity index is 2.91. The molecule has 0 saturated carbocycles. The Morgan fingerprint density at radius 3 is 2.47 bits per heavy atom. The molecule has 2 aromatic rings. The second kappa shape index (κ2) is 3.47. The monoisotopic (exact) mass is 244 g/mol. The van der Waals surface area contributed by atoms with Crippen molar-refractivity contribution in [2.45, 2.75) is 6.18 Å². The van der Waals surface area contributed by atoms with Crippen molar-refractivity contribution in [1.29, 1.82) is 0 Å². The molecule has 0 aliphatic heterocycles. The standard InChI is InChI=1S/C10H7F3N2O2/c1-15-7-4-5(10(11,12)13)2-3-6(7)8(16)14-9(15)17/h2-4H,1H3,(H,14,16,17). The van der Waals surface area contributed by atoms with E-state index >= 15 is 0 Å². The van der Waals surface area contributed by atoms with Gasteiger partial charge in [-0.25, -0.2) is 4.79 Å². The van der Waals surface area contributed by atoms with Crippen LogP contribution < -0.4 is 11.2 Å². The van der Waals surface area contributed by atoms with E-state index in [1.807, 2.05) is 4.98 Å². The number of alkyl halides is 3. The maximum Gasteiger partial charge on any atom is 0.416 e.